The maximum atomic E-state index is 12.0. The van der Waals surface area contributed by atoms with E-state index in [1.165, 1.54) is 38.5 Å². The van der Waals surface area contributed by atoms with Crippen molar-refractivity contribution >= 4 is 11.9 Å². The van der Waals surface area contributed by atoms with Crippen molar-refractivity contribution in [2.45, 2.75) is 90.6 Å². The van der Waals surface area contributed by atoms with Crippen molar-refractivity contribution in [3.63, 3.8) is 0 Å². The van der Waals surface area contributed by atoms with Gasteiger partial charge in [-0.05, 0) is 19.4 Å². The largest absolute Gasteiger partial charge is 0.508 e. The monoisotopic (exact) mass is 377 g/mol. The SMILES string of the molecule is CCCCCCCCCCCC(=O)OC(=O)[C@H](C)NCc1ccccc1O. The van der Waals surface area contributed by atoms with E-state index in [9.17, 15) is 14.7 Å². The first-order valence-corrected chi connectivity index (χ1v) is 10.3. The first kappa shape index (κ1) is 23.2. The Kier molecular flexibility index (Phi) is 12.2. The number of hydrogen-bond acceptors (Lipinski definition) is 5. The number of carbonyl (C=O) groups is 2. The highest BCUT2D eigenvalue weighted by Gasteiger charge is 2.18. The van der Waals surface area contributed by atoms with Crippen LogP contribution in [-0.4, -0.2) is 23.1 Å². The number of para-hydroxylation sites is 1. The molecule has 5 nitrogen and oxygen atoms in total. The molecule has 0 aliphatic rings. The molecule has 27 heavy (non-hydrogen) atoms. The molecule has 0 aliphatic carbocycles. The summed E-state index contributed by atoms with van der Waals surface area (Å²) < 4.78 is 4.90. The molecule has 5 heteroatoms. The second kappa shape index (κ2) is 14.2. The van der Waals surface area contributed by atoms with Crippen molar-refractivity contribution in [2.75, 3.05) is 0 Å². The molecule has 0 bridgehead atoms. The van der Waals surface area contributed by atoms with Crippen LogP contribution in [0.2, 0.25) is 0 Å². The van der Waals surface area contributed by atoms with Gasteiger partial charge in [0.25, 0.3) is 0 Å². The number of rotatable bonds is 14. The third-order valence-electron chi connectivity index (χ3n) is 4.64. The van der Waals surface area contributed by atoms with E-state index in [-0.39, 0.29) is 12.2 Å². The number of nitrogens with one attached hydrogen (secondary N) is 1. The van der Waals surface area contributed by atoms with Crippen molar-refractivity contribution in [3.05, 3.63) is 29.8 Å². The van der Waals surface area contributed by atoms with E-state index < -0.39 is 18.0 Å². The first-order valence-electron chi connectivity index (χ1n) is 10.3. The fourth-order valence-corrected chi connectivity index (χ4v) is 2.84. The Labute approximate surface area is 163 Å². The fraction of sp³-hybridized carbons (Fsp3) is 0.636. The molecule has 0 radical (unpaired) electrons. The highest BCUT2D eigenvalue weighted by atomic mass is 16.6. The number of ether oxygens (including phenoxy) is 1. The van der Waals surface area contributed by atoms with Crippen LogP contribution < -0.4 is 5.32 Å². The molecule has 0 aliphatic heterocycles. The van der Waals surface area contributed by atoms with Crippen molar-refractivity contribution in [3.8, 4) is 5.75 Å². The van der Waals surface area contributed by atoms with Gasteiger partial charge in [0.2, 0.25) is 0 Å². The number of aromatic hydroxyl groups is 1. The molecular formula is C22H35NO4. The average molecular weight is 378 g/mol. The van der Waals surface area contributed by atoms with E-state index >= 15 is 0 Å². The Morgan fingerprint density at radius 1 is 1.00 bits per heavy atom. The number of hydrogen-bond donors (Lipinski definition) is 2. The number of benzene rings is 1. The highest BCUT2D eigenvalue weighted by Crippen LogP contribution is 2.15. The topological polar surface area (TPSA) is 75.6 Å². The first-order chi connectivity index (χ1) is 13.0. The fourth-order valence-electron chi connectivity index (χ4n) is 2.84. The Morgan fingerprint density at radius 3 is 2.22 bits per heavy atom. The van der Waals surface area contributed by atoms with Crippen molar-refractivity contribution < 1.29 is 19.4 Å². The highest BCUT2D eigenvalue weighted by molar-refractivity contribution is 5.88. The molecule has 152 valence electrons. The number of carbonyl (C=O) groups excluding carboxylic acids is 2. The van der Waals surface area contributed by atoms with Gasteiger partial charge < -0.3 is 15.2 Å². The van der Waals surface area contributed by atoms with Crippen LogP contribution in [0, 0.1) is 0 Å². The lowest BCUT2D eigenvalue weighted by molar-refractivity contribution is -0.161. The summed E-state index contributed by atoms with van der Waals surface area (Å²) >= 11 is 0. The summed E-state index contributed by atoms with van der Waals surface area (Å²) in [6.45, 7) is 4.19. The number of phenolic OH excluding ortho intramolecular Hbond substituents is 1. The minimum absolute atomic E-state index is 0.173. The molecule has 0 saturated carbocycles. The van der Waals surface area contributed by atoms with Crippen molar-refractivity contribution in [2.24, 2.45) is 0 Å². The smallest absolute Gasteiger partial charge is 0.330 e. The summed E-state index contributed by atoms with van der Waals surface area (Å²) in [6.07, 6.45) is 10.9. The third-order valence-corrected chi connectivity index (χ3v) is 4.64. The van der Waals surface area contributed by atoms with Crippen molar-refractivity contribution in [1.82, 2.24) is 5.32 Å². The van der Waals surface area contributed by atoms with E-state index in [4.69, 9.17) is 4.74 Å². The van der Waals surface area contributed by atoms with Gasteiger partial charge in [0.15, 0.2) is 0 Å². The minimum Gasteiger partial charge on any atom is -0.508 e. The number of esters is 2. The molecular weight excluding hydrogens is 342 g/mol. The molecule has 0 aromatic heterocycles. The molecule has 2 N–H and O–H groups in total. The summed E-state index contributed by atoms with van der Waals surface area (Å²) in [5.41, 5.74) is 0.693. The quantitative estimate of drug-likeness (QED) is 0.275. The molecule has 1 aromatic carbocycles. The average Bonchev–Trinajstić information content (AvgIpc) is 2.65. The van der Waals surface area contributed by atoms with Gasteiger partial charge in [-0.25, -0.2) is 4.79 Å². The predicted molar refractivity (Wildman–Crippen MR) is 107 cm³/mol. The molecule has 0 heterocycles. The van der Waals surface area contributed by atoms with Crippen LogP contribution in [-0.2, 0) is 20.9 Å². The molecule has 1 rings (SSSR count). The van der Waals surface area contributed by atoms with Gasteiger partial charge in [-0.1, -0.05) is 76.5 Å². The standard InChI is InChI=1S/C22H35NO4/c1-3-4-5-6-7-8-9-10-11-16-21(25)27-22(26)18(2)23-17-19-14-12-13-15-20(19)24/h12-15,18,23-24H,3-11,16-17H2,1-2H3/t18-/m0/s1. The molecule has 0 saturated heterocycles. The molecule has 0 unspecified atom stereocenters. The van der Waals surface area contributed by atoms with Gasteiger partial charge >= 0.3 is 11.9 Å². The second-order valence-corrected chi connectivity index (χ2v) is 7.10. The normalized spacial score (nSPS) is 11.9. The lowest BCUT2D eigenvalue weighted by Crippen LogP contribution is -2.36. The maximum Gasteiger partial charge on any atom is 0.330 e. The number of phenols is 1. The van der Waals surface area contributed by atoms with Gasteiger partial charge in [-0.2, -0.15) is 0 Å². The zero-order valence-electron chi connectivity index (χ0n) is 16.8. The van der Waals surface area contributed by atoms with Gasteiger partial charge in [-0.15, -0.1) is 0 Å². The zero-order chi connectivity index (χ0) is 19.9. The van der Waals surface area contributed by atoms with Crippen LogP contribution in [0.25, 0.3) is 0 Å². The maximum absolute atomic E-state index is 12.0. The molecule has 1 atom stereocenters. The van der Waals surface area contributed by atoms with E-state index in [0.29, 0.717) is 12.1 Å². The van der Waals surface area contributed by atoms with E-state index in [1.807, 2.05) is 6.07 Å². The van der Waals surface area contributed by atoms with Crippen LogP contribution in [0.5, 0.6) is 5.75 Å². The van der Waals surface area contributed by atoms with E-state index in [1.54, 1.807) is 25.1 Å². The summed E-state index contributed by atoms with van der Waals surface area (Å²) in [7, 11) is 0. The predicted octanol–water partition coefficient (Wildman–Crippen LogP) is 4.86. The second-order valence-electron chi connectivity index (χ2n) is 7.10. The Morgan fingerprint density at radius 2 is 1.59 bits per heavy atom. The van der Waals surface area contributed by atoms with Crippen LogP contribution in [0.3, 0.4) is 0 Å². The van der Waals surface area contributed by atoms with E-state index in [0.717, 1.165) is 19.3 Å². The van der Waals surface area contributed by atoms with E-state index in [2.05, 4.69) is 12.2 Å². The van der Waals surface area contributed by atoms with Crippen LogP contribution in [0.15, 0.2) is 24.3 Å². The molecule has 0 spiro atoms. The van der Waals surface area contributed by atoms with Crippen LogP contribution >= 0.6 is 0 Å². The van der Waals surface area contributed by atoms with Crippen LogP contribution in [0.1, 0.15) is 83.6 Å². The zero-order valence-corrected chi connectivity index (χ0v) is 16.8. The van der Waals surface area contributed by atoms with Gasteiger partial charge in [0.1, 0.15) is 11.8 Å². The van der Waals surface area contributed by atoms with Gasteiger partial charge in [0, 0.05) is 18.5 Å². The summed E-state index contributed by atoms with van der Waals surface area (Å²) in [5.74, 6) is -0.863. The summed E-state index contributed by atoms with van der Waals surface area (Å²) in [6, 6.07) is 6.30. The van der Waals surface area contributed by atoms with Crippen molar-refractivity contribution in [1.29, 1.82) is 0 Å². The lowest BCUT2D eigenvalue weighted by Gasteiger charge is -2.13. The Balaban J connectivity index is 2.09. The molecule has 0 fully saturated rings. The Hall–Kier alpha value is -1.88. The summed E-state index contributed by atoms with van der Waals surface area (Å²) in [4.78, 5) is 23.7. The summed E-state index contributed by atoms with van der Waals surface area (Å²) in [5, 5.41) is 12.7. The molecule has 0 amide bonds. The minimum atomic E-state index is -0.614. The molecule has 1 aromatic rings. The van der Waals surface area contributed by atoms with Gasteiger partial charge in [-0.3, -0.25) is 4.79 Å². The Bertz CT molecular complexity index is 559. The van der Waals surface area contributed by atoms with Gasteiger partial charge in [0.05, 0.1) is 0 Å². The third kappa shape index (κ3) is 10.8. The lowest BCUT2D eigenvalue weighted by atomic mass is 10.1. The number of unbranched alkanes of at least 4 members (excludes halogenated alkanes) is 8. The van der Waals surface area contributed by atoms with Crippen LogP contribution in [0.4, 0.5) is 0 Å².